The van der Waals surface area contributed by atoms with Crippen LogP contribution in [0.1, 0.15) is 23.6 Å². The molecule has 0 spiro atoms. The van der Waals surface area contributed by atoms with Crippen molar-refractivity contribution >= 4 is 5.69 Å². The van der Waals surface area contributed by atoms with Gasteiger partial charge >= 0.3 is 0 Å². The maximum Gasteiger partial charge on any atom is 0.0558 e. The SMILES string of the molecule is CC1Cc2cc(CCN(CCO)Cc3ccccc3)ccc2N1. The van der Waals surface area contributed by atoms with E-state index in [2.05, 4.69) is 59.6 Å². The number of fused-ring (bicyclic) bond motifs is 1. The van der Waals surface area contributed by atoms with E-state index in [9.17, 15) is 5.11 Å². The van der Waals surface area contributed by atoms with Gasteiger partial charge in [0, 0.05) is 31.4 Å². The molecule has 2 aromatic carbocycles. The highest BCUT2D eigenvalue weighted by Gasteiger charge is 2.16. The van der Waals surface area contributed by atoms with Crippen LogP contribution in [0.4, 0.5) is 5.69 Å². The third kappa shape index (κ3) is 4.34. The summed E-state index contributed by atoms with van der Waals surface area (Å²) >= 11 is 0. The summed E-state index contributed by atoms with van der Waals surface area (Å²) in [6, 6.07) is 17.8. The van der Waals surface area contributed by atoms with Crippen molar-refractivity contribution in [3.8, 4) is 0 Å². The molecule has 2 aromatic rings. The maximum atomic E-state index is 9.32. The van der Waals surface area contributed by atoms with Gasteiger partial charge in [-0.15, -0.1) is 0 Å². The van der Waals surface area contributed by atoms with Gasteiger partial charge in [0.05, 0.1) is 6.61 Å². The summed E-state index contributed by atoms with van der Waals surface area (Å²) in [5, 5.41) is 12.8. The minimum atomic E-state index is 0.207. The van der Waals surface area contributed by atoms with Crippen LogP contribution in [-0.4, -0.2) is 35.7 Å². The Morgan fingerprint density at radius 3 is 2.70 bits per heavy atom. The zero-order chi connectivity index (χ0) is 16.1. The summed E-state index contributed by atoms with van der Waals surface area (Å²) in [4.78, 5) is 2.32. The molecule has 2 N–H and O–H groups in total. The van der Waals surface area contributed by atoms with E-state index >= 15 is 0 Å². The Labute approximate surface area is 139 Å². The van der Waals surface area contributed by atoms with Crippen molar-refractivity contribution in [2.45, 2.75) is 32.4 Å². The van der Waals surface area contributed by atoms with Crippen LogP contribution in [0.2, 0.25) is 0 Å². The van der Waals surface area contributed by atoms with Crippen molar-refractivity contribution in [3.05, 3.63) is 65.2 Å². The van der Waals surface area contributed by atoms with Crippen molar-refractivity contribution < 1.29 is 5.11 Å². The first-order valence-corrected chi connectivity index (χ1v) is 8.50. The molecule has 0 aromatic heterocycles. The average Bonchev–Trinajstić information content (AvgIpc) is 2.93. The molecule has 1 aliphatic rings. The van der Waals surface area contributed by atoms with E-state index in [1.807, 2.05) is 6.07 Å². The summed E-state index contributed by atoms with van der Waals surface area (Å²) in [6.07, 6.45) is 2.14. The third-order valence-corrected chi connectivity index (χ3v) is 4.48. The van der Waals surface area contributed by atoms with Gasteiger partial charge in [-0.3, -0.25) is 4.90 Å². The van der Waals surface area contributed by atoms with Gasteiger partial charge in [0.25, 0.3) is 0 Å². The highest BCUT2D eigenvalue weighted by molar-refractivity contribution is 5.57. The quantitative estimate of drug-likeness (QED) is 0.825. The van der Waals surface area contributed by atoms with Crippen LogP contribution in [0.15, 0.2) is 48.5 Å². The number of anilines is 1. The number of nitrogens with zero attached hydrogens (tertiary/aromatic N) is 1. The second kappa shape index (κ2) is 7.62. The molecular weight excluding hydrogens is 284 g/mol. The van der Waals surface area contributed by atoms with Crippen LogP contribution in [0.25, 0.3) is 0 Å². The molecular formula is C20H26N2O. The fraction of sp³-hybridized carbons (Fsp3) is 0.400. The molecule has 1 heterocycles. The molecule has 1 atom stereocenters. The minimum Gasteiger partial charge on any atom is -0.395 e. The van der Waals surface area contributed by atoms with E-state index < -0.39 is 0 Å². The maximum absolute atomic E-state index is 9.32. The molecule has 3 heteroatoms. The Kier molecular flexibility index (Phi) is 5.31. The van der Waals surface area contributed by atoms with Crippen LogP contribution in [0, 0.1) is 0 Å². The zero-order valence-electron chi connectivity index (χ0n) is 13.8. The van der Waals surface area contributed by atoms with Gasteiger partial charge in [-0.25, -0.2) is 0 Å². The lowest BCUT2D eigenvalue weighted by molar-refractivity contribution is 0.191. The van der Waals surface area contributed by atoms with Crippen LogP contribution in [-0.2, 0) is 19.4 Å². The second-order valence-corrected chi connectivity index (χ2v) is 6.48. The molecule has 3 rings (SSSR count). The van der Waals surface area contributed by atoms with Crippen molar-refractivity contribution in [1.29, 1.82) is 0 Å². The second-order valence-electron chi connectivity index (χ2n) is 6.48. The Hall–Kier alpha value is -1.84. The zero-order valence-corrected chi connectivity index (χ0v) is 13.8. The number of benzene rings is 2. The minimum absolute atomic E-state index is 0.207. The topological polar surface area (TPSA) is 35.5 Å². The number of rotatable bonds is 7. The normalized spacial score (nSPS) is 16.4. The van der Waals surface area contributed by atoms with E-state index in [0.29, 0.717) is 6.04 Å². The number of nitrogens with one attached hydrogen (secondary N) is 1. The van der Waals surface area contributed by atoms with Crippen LogP contribution < -0.4 is 5.32 Å². The van der Waals surface area contributed by atoms with E-state index in [-0.39, 0.29) is 6.61 Å². The van der Waals surface area contributed by atoms with E-state index in [1.54, 1.807) is 0 Å². The fourth-order valence-electron chi connectivity index (χ4n) is 3.30. The van der Waals surface area contributed by atoms with Gasteiger partial charge < -0.3 is 10.4 Å². The van der Waals surface area contributed by atoms with E-state index in [0.717, 1.165) is 32.5 Å². The molecule has 0 aliphatic carbocycles. The highest BCUT2D eigenvalue weighted by atomic mass is 16.3. The van der Waals surface area contributed by atoms with Crippen molar-refractivity contribution in [2.24, 2.45) is 0 Å². The number of aliphatic hydroxyl groups excluding tert-OH is 1. The molecule has 0 bridgehead atoms. The molecule has 1 aliphatic heterocycles. The predicted molar refractivity (Wildman–Crippen MR) is 95.7 cm³/mol. The smallest absolute Gasteiger partial charge is 0.0558 e. The molecule has 0 fully saturated rings. The predicted octanol–water partition coefficient (Wildman–Crippen LogP) is 3.08. The van der Waals surface area contributed by atoms with Crippen molar-refractivity contribution in [2.75, 3.05) is 25.0 Å². The first-order valence-electron chi connectivity index (χ1n) is 8.50. The van der Waals surface area contributed by atoms with Crippen molar-refractivity contribution in [1.82, 2.24) is 4.90 Å². The van der Waals surface area contributed by atoms with Gasteiger partial charge in [-0.2, -0.15) is 0 Å². The summed E-state index contributed by atoms with van der Waals surface area (Å²) in [5.74, 6) is 0. The van der Waals surface area contributed by atoms with Gasteiger partial charge in [0.15, 0.2) is 0 Å². The van der Waals surface area contributed by atoms with Gasteiger partial charge in [-0.1, -0.05) is 42.5 Å². The first kappa shape index (κ1) is 16.0. The Bertz CT molecular complexity index is 627. The summed E-state index contributed by atoms with van der Waals surface area (Å²) in [6.45, 7) is 5.02. The Balaban J connectivity index is 1.59. The molecule has 0 radical (unpaired) electrons. The molecule has 23 heavy (non-hydrogen) atoms. The molecule has 1 unspecified atom stereocenters. The van der Waals surface area contributed by atoms with Gasteiger partial charge in [-0.05, 0) is 42.5 Å². The average molecular weight is 310 g/mol. The summed E-state index contributed by atoms with van der Waals surface area (Å²) in [7, 11) is 0. The standard InChI is InChI=1S/C20H26N2O/c1-16-13-19-14-17(7-8-20(19)21-16)9-10-22(11-12-23)15-18-5-3-2-4-6-18/h2-8,14,16,21,23H,9-13,15H2,1H3. The van der Waals surface area contributed by atoms with Crippen molar-refractivity contribution in [3.63, 3.8) is 0 Å². The molecule has 0 saturated carbocycles. The highest BCUT2D eigenvalue weighted by Crippen LogP contribution is 2.26. The fourth-order valence-corrected chi connectivity index (χ4v) is 3.30. The number of aliphatic hydroxyl groups is 1. The lowest BCUT2D eigenvalue weighted by Crippen LogP contribution is -2.28. The van der Waals surface area contributed by atoms with Crippen LogP contribution in [0.5, 0.6) is 0 Å². The Morgan fingerprint density at radius 2 is 1.91 bits per heavy atom. The molecule has 0 amide bonds. The Morgan fingerprint density at radius 1 is 1.09 bits per heavy atom. The molecule has 122 valence electrons. The lowest BCUT2D eigenvalue weighted by Gasteiger charge is -2.21. The monoisotopic (exact) mass is 310 g/mol. The van der Waals surface area contributed by atoms with E-state index in [1.165, 1.54) is 22.4 Å². The summed E-state index contributed by atoms with van der Waals surface area (Å²) in [5.41, 5.74) is 5.41. The van der Waals surface area contributed by atoms with Crippen LogP contribution in [0.3, 0.4) is 0 Å². The summed E-state index contributed by atoms with van der Waals surface area (Å²) < 4.78 is 0. The molecule has 3 nitrogen and oxygen atoms in total. The van der Waals surface area contributed by atoms with Crippen LogP contribution >= 0.6 is 0 Å². The third-order valence-electron chi connectivity index (χ3n) is 4.48. The lowest BCUT2D eigenvalue weighted by atomic mass is 10.0. The van der Waals surface area contributed by atoms with Gasteiger partial charge in [0.1, 0.15) is 0 Å². The number of hydrogen-bond acceptors (Lipinski definition) is 3. The largest absolute Gasteiger partial charge is 0.395 e. The number of hydrogen-bond donors (Lipinski definition) is 2. The van der Waals surface area contributed by atoms with Gasteiger partial charge in [0.2, 0.25) is 0 Å². The molecule has 0 saturated heterocycles. The first-order chi connectivity index (χ1) is 11.2. The van der Waals surface area contributed by atoms with E-state index in [4.69, 9.17) is 0 Å².